The molecule has 0 bridgehead atoms. The average molecular weight is 354 g/mol. The fraction of sp³-hybridized carbons (Fsp3) is 0.0435. The lowest BCUT2D eigenvalue weighted by Crippen LogP contribution is -2.20. The molecule has 4 nitrogen and oxygen atoms in total. The number of hydrogen-bond acceptors (Lipinski definition) is 3. The maximum absolute atomic E-state index is 13.1. The van der Waals surface area contributed by atoms with Crippen molar-refractivity contribution in [1.29, 1.82) is 0 Å². The van der Waals surface area contributed by atoms with Crippen molar-refractivity contribution < 1.29 is 5.11 Å². The Morgan fingerprint density at radius 2 is 1.48 bits per heavy atom. The molecule has 4 heteroatoms. The van der Waals surface area contributed by atoms with Crippen LogP contribution in [0.15, 0.2) is 88.6 Å². The highest BCUT2D eigenvalue weighted by atomic mass is 16.3. The number of aromatic nitrogens is 1. The van der Waals surface area contributed by atoms with Gasteiger partial charge in [-0.15, -0.1) is 0 Å². The first-order valence-electron chi connectivity index (χ1n) is 8.68. The topological polar surface area (TPSA) is 54.6 Å². The van der Waals surface area contributed by atoms with Gasteiger partial charge in [0, 0.05) is 17.0 Å². The highest BCUT2D eigenvalue weighted by Gasteiger charge is 2.17. The Bertz CT molecular complexity index is 1210. The van der Waals surface area contributed by atoms with Gasteiger partial charge in [0.1, 0.15) is 0 Å². The summed E-state index contributed by atoms with van der Waals surface area (Å²) >= 11 is 0. The third kappa shape index (κ3) is 3.02. The predicted octanol–water partition coefficient (Wildman–Crippen LogP) is 4.76. The summed E-state index contributed by atoms with van der Waals surface area (Å²) in [5.41, 5.74) is 2.58. The first kappa shape index (κ1) is 16.8. The Labute approximate surface area is 156 Å². The smallest absolute Gasteiger partial charge is 0.265 e. The summed E-state index contributed by atoms with van der Waals surface area (Å²) in [5, 5.41) is 12.2. The van der Waals surface area contributed by atoms with Gasteiger partial charge in [0.25, 0.3) is 5.56 Å². The zero-order valence-electron chi connectivity index (χ0n) is 14.8. The van der Waals surface area contributed by atoms with Gasteiger partial charge >= 0.3 is 0 Å². The quantitative estimate of drug-likeness (QED) is 0.540. The number of pyridine rings is 1. The van der Waals surface area contributed by atoms with Gasteiger partial charge in [-0.25, -0.2) is 4.57 Å². The molecule has 1 aromatic heterocycles. The van der Waals surface area contributed by atoms with Crippen molar-refractivity contribution in [2.24, 2.45) is 4.99 Å². The maximum Gasteiger partial charge on any atom is 0.265 e. The van der Waals surface area contributed by atoms with Crippen molar-refractivity contribution in [2.75, 3.05) is 0 Å². The van der Waals surface area contributed by atoms with Gasteiger partial charge < -0.3 is 5.11 Å². The number of fused-ring (bicyclic) bond motifs is 1. The number of benzene rings is 3. The first-order chi connectivity index (χ1) is 13.2. The molecule has 0 saturated carbocycles. The van der Waals surface area contributed by atoms with Crippen molar-refractivity contribution in [3.63, 3.8) is 0 Å². The van der Waals surface area contributed by atoms with E-state index in [0.29, 0.717) is 22.0 Å². The Kier molecular flexibility index (Phi) is 4.30. The van der Waals surface area contributed by atoms with E-state index in [-0.39, 0.29) is 11.4 Å². The molecule has 0 spiro atoms. The van der Waals surface area contributed by atoms with Crippen molar-refractivity contribution in [3.05, 3.63) is 100 Å². The minimum absolute atomic E-state index is 0.118. The number of para-hydroxylation sites is 2. The van der Waals surface area contributed by atoms with Crippen LogP contribution in [-0.2, 0) is 0 Å². The van der Waals surface area contributed by atoms with Crippen LogP contribution < -0.4 is 5.56 Å². The van der Waals surface area contributed by atoms with E-state index in [2.05, 4.69) is 4.99 Å². The molecule has 0 atom stereocenters. The summed E-state index contributed by atoms with van der Waals surface area (Å²) in [5.74, 6) is -0.118. The monoisotopic (exact) mass is 354 g/mol. The van der Waals surface area contributed by atoms with Crippen LogP contribution >= 0.6 is 0 Å². The van der Waals surface area contributed by atoms with E-state index < -0.39 is 0 Å². The molecule has 0 aliphatic carbocycles. The molecule has 0 aliphatic rings. The molecule has 4 aromatic rings. The number of nitrogens with zero attached hydrogens (tertiary/aromatic N) is 2. The largest absolute Gasteiger partial charge is 0.494 e. The van der Waals surface area contributed by atoms with Crippen molar-refractivity contribution in [3.8, 4) is 11.6 Å². The van der Waals surface area contributed by atoms with Gasteiger partial charge in [-0.1, -0.05) is 54.6 Å². The van der Waals surface area contributed by atoms with Gasteiger partial charge in [-0.05, 0) is 36.8 Å². The lowest BCUT2D eigenvalue weighted by molar-refractivity contribution is 0.436. The van der Waals surface area contributed by atoms with E-state index in [1.165, 1.54) is 4.57 Å². The Hall–Kier alpha value is -3.66. The highest BCUT2D eigenvalue weighted by Crippen LogP contribution is 2.27. The van der Waals surface area contributed by atoms with E-state index in [1.807, 2.05) is 79.7 Å². The molecule has 3 aromatic carbocycles. The minimum Gasteiger partial charge on any atom is -0.494 e. The molecular weight excluding hydrogens is 336 g/mol. The zero-order valence-corrected chi connectivity index (χ0v) is 14.8. The summed E-state index contributed by atoms with van der Waals surface area (Å²) in [6, 6.07) is 24.2. The fourth-order valence-corrected chi connectivity index (χ4v) is 3.18. The molecule has 27 heavy (non-hydrogen) atoms. The number of aryl methyl sites for hydroxylation is 1. The van der Waals surface area contributed by atoms with Crippen molar-refractivity contribution >= 4 is 22.7 Å². The Morgan fingerprint density at radius 1 is 0.852 bits per heavy atom. The van der Waals surface area contributed by atoms with E-state index in [4.69, 9.17) is 0 Å². The van der Waals surface area contributed by atoms with Gasteiger partial charge in [-0.2, -0.15) is 0 Å². The third-order valence-corrected chi connectivity index (χ3v) is 4.56. The summed E-state index contributed by atoms with van der Waals surface area (Å²) in [6.07, 6.45) is 1.61. The maximum atomic E-state index is 13.1. The lowest BCUT2D eigenvalue weighted by Gasteiger charge is -2.15. The number of hydrogen-bond donors (Lipinski definition) is 1. The zero-order chi connectivity index (χ0) is 18.8. The van der Waals surface area contributed by atoms with E-state index in [9.17, 15) is 9.90 Å². The van der Waals surface area contributed by atoms with Crippen LogP contribution in [0.2, 0.25) is 0 Å². The normalized spacial score (nSPS) is 11.3. The summed E-state index contributed by atoms with van der Waals surface area (Å²) in [6.45, 7) is 1.91. The van der Waals surface area contributed by atoms with Crippen molar-refractivity contribution in [1.82, 2.24) is 4.57 Å². The van der Waals surface area contributed by atoms with Crippen LogP contribution in [0.3, 0.4) is 0 Å². The molecule has 0 unspecified atom stereocenters. The third-order valence-electron chi connectivity index (χ3n) is 4.56. The molecule has 0 saturated heterocycles. The standard InChI is InChI=1S/C23H18N2O2/c1-16-9-5-8-14-21(16)25-22(26)19-13-7-6-12-18(19)20(23(25)27)15-24-17-10-3-2-4-11-17/h2-15,27H,1H3. The molecular formula is C23H18N2O2. The van der Waals surface area contributed by atoms with Gasteiger partial charge in [0.2, 0.25) is 5.88 Å². The summed E-state index contributed by atoms with van der Waals surface area (Å²) in [7, 11) is 0. The van der Waals surface area contributed by atoms with E-state index in [1.54, 1.807) is 12.3 Å². The molecule has 132 valence electrons. The van der Waals surface area contributed by atoms with Crippen LogP contribution in [0, 0.1) is 6.92 Å². The molecule has 4 rings (SSSR count). The highest BCUT2D eigenvalue weighted by molar-refractivity contribution is 6.02. The van der Waals surface area contributed by atoms with Crippen molar-refractivity contribution in [2.45, 2.75) is 6.92 Å². The molecule has 0 radical (unpaired) electrons. The van der Waals surface area contributed by atoms with Crippen LogP contribution in [0.1, 0.15) is 11.1 Å². The molecule has 0 amide bonds. The van der Waals surface area contributed by atoms with E-state index >= 15 is 0 Å². The SMILES string of the molecule is Cc1ccccc1-n1c(O)c(C=Nc2ccccc2)c2ccccc2c1=O. The molecule has 1 heterocycles. The van der Waals surface area contributed by atoms with Gasteiger partial charge in [0.15, 0.2) is 0 Å². The molecule has 1 N–H and O–H groups in total. The Morgan fingerprint density at radius 3 is 2.22 bits per heavy atom. The lowest BCUT2D eigenvalue weighted by atomic mass is 10.1. The Balaban J connectivity index is 2.02. The summed E-state index contributed by atoms with van der Waals surface area (Å²) in [4.78, 5) is 17.6. The second kappa shape index (κ2) is 6.92. The van der Waals surface area contributed by atoms with Crippen LogP contribution in [0.25, 0.3) is 16.5 Å². The predicted molar refractivity (Wildman–Crippen MR) is 110 cm³/mol. The summed E-state index contributed by atoms with van der Waals surface area (Å²) < 4.78 is 1.35. The van der Waals surface area contributed by atoms with Crippen LogP contribution in [-0.4, -0.2) is 15.9 Å². The number of aromatic hydroxyl groups is 1. The van der Waals surface area contributed by atoms with E-state index in [0.717, 1.165) is 11.3 Å². The second-order valence-electron chi connectivity index (χ2n) is 6.30. The minimum atomic E-state index is -0.255. The second-order valence-corrected chi connectivity index (χ2v) is 6.30. The van der Waals surface area contributed by atoms with Gasteiger partial charge in [0.05, 0.1) is 16.9 Å². The van der Waals surface area contributed by atoms with Crippen LogP contribution in [0.5, 0.6) is 5.88 Å². The number of aliphatic imine (C=N–C) groups is 1. The number of rotatable bonds is 3. The first-order valence-corrected chi connectivity index (χ1v) is 8.68. The van der Waals surface area contributed by atoms with Crippen LogP contribution in [0.4, 0.5) is 5.69 Å². The molecule has 0 fully saturated rings. The average Bonchev–Trinajstić information content (AvgIpc) is 2.70. The molecule has 0 aliphatic heterocycles. The van der Waals surface area contributed by atoms with Gasteiger partial charge in [-0.3, -0.25) is 9.79 Å². The fourth-order valence-electron chi connectivity index (χ4n) is 3.18.